The Labute approximate surface area is 108 Å². The van der Waals surface area contributed by atoms with E-state index in [1.807, 2.05) is 0 Å². The average molecular weight is 276 g/mol. The van der Waals surface area contributed by atoms with Crippen molar-refractivity contribution in [1.82, 2.24) is 4.98 Å². The third-order valence-electron chi connectivity index (χ3n) is 2.50. The molecule has 92 valence electrons. The van der Waals surface area contributed by atoms with Gasteiger partial charge in [0.25, 0.3) is 0 Å². The molecule has 1 unspecified atom stereocenters. The summed E-state index contributed by atoms with van der Waals surface area (Å²) in [6.45, 7) is 0. The van der Waals surface area contributed by atoms with Crippen molar-refractivity contribution in [3.63, 3.8) is 0 Å². The number of hydrogen-bond donors (Lipinski definition) is 2. The number of nitrogens with one attached hydrogen (secondary N) is 1. The number of methoxy groups -OCH3 is 2. The van der Waals surface area contributed by atoms with E-state index in [0.717, 1.165) is 5.52 Å². The monoisotopic (exact) mass is 275 g/mol. The van der Waals surface area contributed by atoms with Gasteiger partial charge >= 0.3 is 0 Å². The number of aliphatic hydroxyl groups excluding tert-OH is 1. The van der Waals surface area contributed by atoms with Crippen molar-refractivity contribution in [2.75, 3.05) is 14.2 Å². The fraction of sp³-hybridized carbons (Fsp3) is 0.273. The zero-order valence-corrected chi connectivity index (χ0v) is 10.8. The Balaban J connectivity index is 2.65. The van der Waals surface area contributed by atoms with Crippen molar-refractivity contribution in [2.45, 2.75) is 6.29 Å². The Morgan fingerprint density at radius 3 is 2.53 bits per heavy atom. The summed E-state index contributed by atoms with van der Waals surface area (Å²) in [4.78, 5) is 2.99. The highest BCUT2D eigenvalue weighted by Crippen LogP contribution is 2.39. The van der Waals surface area contributed by atoms with Crippen LogP contribution in [0.25, 0.3) is 10.9 Å². The lowest BCUT2D eigenvalue weighted by Crippen LogP contribution is -1.98. The van der Waals surface area contributed by atoms with Crippen LogP contribution in [0.2, 0.25) is 10.0 Å². The normalized spacial score (nSPS) is 13.0. The second-order valence-electron chi connectivity index (χ2n) is 3.48. The van der Waals surface area contributed by atoms with Crippen LogP contribution in [-0.2, 0) is 4.74 Å². The van der Waals surface area contributed by atoms with Crippen LogP contribution in [0, 0.1) is 0 Å². The van der Waals surface area contributed by atoms with E-state index in [4.69, 9.17) is 32.7 Å². The maximum absolute atomic E-state index is 9.56. The van der Waals surface area contributed by atoms with Crippen molar-refractivity contribution < 1.29 is 14.6 Å². The van der Waals surface area contributed by atoms with Gasteiger partial charge in [0.2, 0.25) is 0 Å². The summed E-state index contributed by atoms with van der Waals surface area (Å²) in [5, 5.41) is 11.0. The predicted molar refractivity (Wildman–Crippen MR) is 66.8 cm³/mol. The van der Waals surface area contributed by atoms with E-state index in [2.05, 4.69) is 4.98 Å². The first-order valence-electron chi connectivity index (χ1n) is 4.84. The number of rotatable bonds is 3. The summed E-state index contributed by atoms with van der Waals surface area (Å²) in [7, 11) is 2.92. The van der Waals surface area contributed by atoms with Gasteiger partial charge in [-0.1, -0.05) is 23.2 Å². The summed E-state index contributed by atoms with van der Waals surface area (Å²) < 4.78 is 9.91. The average Bonchev–Trinajstić information content (AvgIpc) is 2.76. The molecule has 1 heterocycles. The van der Waals surface area contributed by atoms with Crippen LogP contribution in [0.3, 0.4) is 0 Å². The van der Waals surface area contributed by atoms with Crippen LogP contribution in [0.5, 0.6) is 5.75 Å². The fourth-order valence-corrected chi connectivity index (χ4v) is 2.10. The molecule has 0 saturated heterocycles. The van der Waals surface area contributed by atoms with Gasteiger partial charge < -0.3 is 19.6 Å². The van der Waals surface area contributed by atoms with Crippen molar-refractivity contribution in [1.29, 1.82) is 0 Å². The minimum atomic E-state index is -1.02. The van der Waals surface area contributed by atoms with Crippen molar-refractivity contribution in [3.05, 3.63) is 27.9 Å². The molecular weight excluding hydrogens is 265 g/mol. The summed E-state index contributed by atoms with van der Waals surface area (Å²) in [5.74, 6) is 0.476. The van der Waals surface area contributed by atoms with Gasteiger partial charge in [-0.3, -0.25) is 0 Å². The van der Waals surface area contributed by atoms with Crippen LogP contribution < -0.4 is 4.74 Å². The summed E-state index contributed by atoms with van der Waals surface area (Å²) in [6, 6.07) is 3.41. The van der Waals surface area contributed by atoms with Crippen molar-refractivity contribution >= 4 is 34.1 Å². The molecule has 17 heavy (non-hydrogen) atoms. The van der Waals surface area contributed by atoms with E-state index in [0.29, 0.717) is 26.9 Å². The first kappa shape index (κ1) is 12.5. The Morgan fingerprint density at radius 2 is 1.94 bits per heavy atom. The van der Waals surface area contributed by atoms with Gasteiger partial charge in [-0.25, -0.2) is 0 Å². The van der Waals surface area contributed by atoms with E-state index in [1.165, 1.54) is 14.2 Å². The second kappa shape index (κ2) is 4.74. The molecule has 1 aromatic heterocycles. The standard InChI is InChI=1S/C11H11Cl2NO3/c1-16-8-4-6-5(9(12)10(8)13)3-7(14-6)11(15)17-2/h3-4,11,14-15H,1-2H3. The Hall–Kier alpha value is -0.940. The second-order valence-corrected chi connectivity index (χ2v) is 4.24. The van der Waals surface area contributed by atoms with Gasteiger partial charge in [-0.05, 0) is 6.07 Å². The van der Waals surface area contributed by atoms with Crippen molar-refractivity contribution in [2.24, 2.45) is 0 Å². The van der Waals surface area contributed by atoms with Crippen molar-refractivity contribution in [3.8, 4) is 5.75 Å². The number of hydrogen-bond acceptors (Lipinski definition) is 3. The SMILES string of the molecule is COc1cc2[nH]c(C(O)OC)cc2c(Cl)c1Cl. The maximum Gasteiger partial charge on any atom is 0.196 e. The van der Waals surface area contributed by atoms with E-state index in [1.54, 1.807) is 12.1 Å². The predicted octanol–water partition coefficient (Wildman–Crippen LogP) is 3.12. The van der Waals surface area contributed by atoms with Gasteiger partial charge in [0, 0.05) is 18.6 Å². The Kier molecular flexibility index (Phi) is 3.49. The molecule has 2 rings (SSSR count). The van der Waals surface area contributed by atoms with E-state index < -0.39 is 6.29 Å². The van der Waals surface area contributed by atoms with Gasteiger partial charge in [-0.2, -0.15) is 0 Å². The highest BCUT2D eigenvalue weighted by molar-refractivity contribution is 6.46. The molecule has 0 bridgehead atoms. The number of aromatic amines is 1. The van der Waals surface area contributed by atoms with Crippen LogP contribution in [0.4, 0.5) is 0 Å². The molecule has 1 aromatic carbocycles. The number of H-pyrrole nitrogens is 1. The minimum Gasteiger partial charge on any atom is -0.495 e. The Morgan fingerprint density at radius 1 is 1.24 bits per heavy atom. The molecule has 0 aliphatic rings. The smallest absolute Gasteiger partial charge is 0.196 e. The third kappa shape index (κ3) is 2.09. The molecule has 0 saturated carbocycles. The molecule has 0 fully saturated rings. The van der Waals surface area contributed by atoms with Gasteiger partial charge in [0.1, 0.15) is 10.8 Å². The zero-order chi connectivity index (χ0) is 12.6. The first-order valence-corrected chi connectivity index (χ1v) is 5.59. The lowest BCUT2D eigenvalue weighted by Gasteiger charge is -2.05. The molecule has 2 aromatic rings. The topological polar surface area (TPSA) is 54.5 Å². The van der Waals surface area contributed by atoms with E-state index in [9.17, 15) is 5.11 Å². The minimum absolute atomic E-state index is 0.346. The molecule has 0 radical (unpaired) electrons. The van der Waals surface area contributed by atoms with Crippen LogP contribution in [0.1, 0.15) is 12.0 Å². The lowest BCUT2D eigenvalue weighted by atomic mass is 10.2. The number of aromatic nitrogens is 1. The molecule has 0 aliphatic carbocycles. The van der Waals surface area contributed by atoms with Gasteiger partial charge in [0.15, 0.2) is 6.29 Å². The highest BCUT2D eigenvalue weighted by Gasteiger charge is 2.16. The summed E-state index contributed by atoms with van der Waals surface area (Å²) in [5.41, 5.74) is 1.23. The molecule has 2 N–H and O–H groups in total. The fourth-order valence-electron chi connectivity index (χ4n) is 1.62. The van der Waals surface area contributed by atoms with E-state index >= 15 is 0 Å². The van der Waals surface area contributed by atoms with Gasteiger partial charge in [-0.15, -0.1) is 0 Å². The lowest BCUT2D eigenvalue weighted by molar-refractivity contribution is -0.0794. The van der Waals surface area contributed by atoms with Crippen LogP contribution in [0.15, 0.2) is 12.1 Å². The Bertz CT molecular complexity index is 553. The number of fused-ring (bicyclic) bond motifs is 1. The largest absolute Gasteiger partial charge is 0.495 e. The summed E-state index contributed by atoms with van der Waals surface area (Å²) in [6.07, 6.45) is -1.02. The number of aliphatic hydroxyl groups is 1. The molecule has 4 nitrogen and oxygen atoms in total. The molecule has 1 atom stereocenters. The first-order chi connectivity index (χ1) is 8.08. The van der Waals surface area contributed by atoms with Crippen LogP contribution in [-0.4, -0.2) is 24.3 Å². The number of halogens is 2. The molecule has 6 heteroatoms. The molecule has 0 spiro atoms. The van der Waals surface area contributed by atoms with E-state index in [-0.39, 0.29) is 0 Å². The molecular formula is C11H11Cl2NO3. The third-order valence-corrected chi connectivity index (χ3v) is 3.36. The zero-order valence-electron chi connectivity index (χ0n) is 9.25. The molecule has 0 amide bonds. The number of benzene rings is 1. The summed E-state index contributed by atoms with van der Waals surface area (Å²) >= 11 is 12.1. The highest BCUT2D eigenvalue weighted by atomic mass is 35.5. The maximum atomic E-state index is 9.56. The van der Waals surface area contributed by atoms with Gasteiger partial charge in [0.05, 0.1) is 23.3 Å². The molecule has 0 aliphatic heterocycles. The number of ether oxygens (including phenoxy) is 2. The van der Waals surface area contributed by atoms with Crippen LogP contribution >= 0.6 is 23.2 Å². The quantitative estimate of drug-likeness (QED) is 0.847.